The second kappa shape index (κ2) is 5.87. The minimum atomic E-state index is -0.348. The van der Waals surface area contributed by atoms with Gasteiger partial charge < -0.3 is 5.32 Å². The van der Waals surface area contributed by atoms with E-state index in [9.17, 15) is 4.39 Å². The Hall–Kier alpha value is -1.85. The third-order valence-electron chi connectivity index (χ3n) is 3.38. The number of halogens is 2. The molecule has 1 N–H and O–H groups in total. The van der Waals surface area contributed by atoms with Gasteiger partial charge in [-0.15, -0.1) is 0 Å². The van der Waals surface area contributed by atoms with Crippen LogP contribution < -0.4 is 5.32 Å². The lowest BCUT2D eigenvalue weighted by Crippen LogP contribution is -2.20. The number of hydrogen-bond donors (Lipinski definition) is 1. The molecule has 2 aromatic heterocycles. The van der Waals surface area contributed by atoms with E-state index in [4.69, 9.17) is 0 Å². The molecule has 1 aromatic carbocycles. The number of para-hydroxylation sites is 1. The van der Waals surface area contributed by atoms with Crippen molar-refractivity contribution in [2.24, 2.45) is 0 Å². The average Bonchev–Trinajstić information content (AvgIpc) is 2.50. The van der Waals surface area contributed by atoms with Gasteiger partial charge in [-0.25, -0.2) is 9.37 Å². The molecule has 0 aliphatic carbocycles. The summed E-state index contributed by atoms with van der Waals surface area (Å²) in [4.78, 5) is 8.46. The van der Waals surface area contributed by atoms with Crippen LogP contribution in [0.3, 0.4) is 0 Å². The summed E-state index contributed by atoms with van der Waals surface area (Å²) >= 11 is 3.54. The topological polar surface area (TPSA) is 37.8 Å². The normalized spacial score (nSPS) is 12.5. The zero-order valence-electron chi connectivity index (χ0n) is 11.3. The molecule has 5 heteroatoms. The zero-order valence-corrected chi connectivity index (χ0v) is 12.9. The molecular weight excluding hydrogens is 333 g/mol. The van der Waals surface area contributed by atoms with Crippen molar-refractivity contribution in [3.05, 3.63) is 70.3 Å². The Kier molecular flexibility index (Phi) is 3.94. The highest BCUT2D eigenvalue weighted by molar-refractivity contribution is 9.10. The Labute approximate surface area is 130 Å². The van der Waals surface area contributed by atoms with Crippen LogP contribution in [0.1, 0.15) is 17.3 Å². The quantitative estimate of drug-likeness (QED) is 0.783. The van der Waals surface area contributed by atoms with Crippen molar-refractivity contribution < 1.29 is 4.39 Å². The number of pyridine rings is 2. The van der Waals surface area contributed by atoms with E-state index in [2.05, 4.69) is 31.2 Å². The third-order valence-corrected chi connectivity index (χ3v) is 4.02. The molecule has 1 atom stereocenters. The van der Waals surface area contributed by atoms with Crippen molar-refractivity contribution in [1.29, 1.82) is 0 Å². The van der Waals surface area contributed by atoms with E-state index in [1.54, 1.807) is 19.3 Å². The summed E-state index contributed by atoms with van der Waals surface area (Å²) in [5.41, 5.74) is 2.16. The molecule has 1 unspecified atom stereocenters. The van der Waals surface area contributed by atoms with Crippen LogP contribution in [-0.2, 0) is 0 Å². The highest BCUT2D eigenvalue weighted by atomic mass is 79.9. The summed E-state index contributed by atoms with van der Waals surface area (Å²) in [6.07, 6.45) is 2.80. The van der Waals surface area contributed by atoms with Gasteiger partial charge in [0.1, 0.15) is 5.82 Å². The molecule has 0 saturated carbocycles. The van der Waals surface area contributed by atoms with Gasteiger partial charge >= 0.3 is 0 Å². The third kappa shape index (κ3) is 2.66. The molecule has 3 aromatic rings. The summed E-state index contributed by atoms with van der Waals surface area (Å²) in [7, 11) is 1.79. The lowest BCUT2D eigenvalue weighted by atomic mass is 10.0. The van der Waals surface area contributed by atoms with Gasteiger partial charge in [-0.05, 0) is 41.2 Å². The monoisotopic (exact) mass is 345 g/mol. The molecule has 3 rings (SSSR count). The van der Waals surface area contributed by atoms with Crippen molar-refractivity contribution >= 4 is 26.8 Å². The number of aromatic nitrogens is 2. The molecule has 0 amide bonds. The van der Waals surface area contributed by atoms with Crippen molar-refractivity contribution in [1.82, 2.24) is 15.3 Å². The van der Waals surface area contributed by atoms with Crippen LogP contribution in [-0.4, -0.2) is 17.0 Å². The number of rotatable bonds is 3. The maximum Gasteiger partial charge on any atom is 0.146 e. The highest BCUT2D eigenvalue weighted by Crippen LogP contribution is 2.30. The Bertz CT molecular complexity index is 791. The van der Waals surface area contributed by atoms with Crippen molar-refractivity contribution in [2.75, 3.05) is 7.05 Å². The van der Waals surface area contributed by atoms with E-state index in [1.165, 1.54) is 6.20 Å². The molecule has 0 bridgehead atoms. The molecule has 0 radical (unpaired) electrons. The molecule has 0 saturated heterocycles. The summed E-state index contributed by atoms with van der Waals surface area (Å²) < 4.78 is 14.9. The van der Waals surface area contributed by atoms with Crippen molar-refractivity contribution in [3.8, 4) is 0 Å². The van der Waals surface area contributed by atoms with Gasteiger partial charge in [0, 0.05) is 21.6 Å². The number of nitrogens with zero attached hydrogens (tertiary/aromatic N) is 2. The van der Waals surface area contributed by atoms with Gasteiger partial charge in [0.25, 0.3) is 0 Å². The standard InChI is InChI=1S/C16H13BrFN3/c1-19-15(11-6-7-20-9-13(11)18)16-12(17)8-10-4-2-3-5-14(10)21-16/h2-9,15,19H,1H3. The van der Waals surface area contributed by atoms with Gasteiger partial charge in [0.2, 0.25) is 0 Å². The van der Waals surface area contributed by atoms with Crippen LogP contribution in [0.15, 0.2) is 53.3 Å². The van der Waals surface area contributed by atoms with Crippen LogP contribution in [0.25, 0.3) is 10.9 Å². The maximum atomic E-state index is 14.0. The van der Waals surface area contributed by atoms with Gasteiger partial charge in [-0.3, -0.25) is 4.98 Å². The first-order chi connectivity index (χ1) is 10.2. The summed E-state index contributed by atoms with van der Waals surface area (Å²) in [5.74, 6) is -0.348. The van der Waals surface area contributed by atoms with Crippen LogP contribution in [0, 0.1) is 5.82 Å². The second-order valence-electron chi connectivity index (χ2n) is 4.67. The van der Waals surface area contributed by atoms with E-state index in [0.29, 0.717) is 5.56 Å². The van der Waals surface area contributed by atoms with E-state index >= 15 is 0 Å². The minimum absolute atomic E-state index is 0.341. The minimum Gasteiger partial charge on any atom is -0.308 e. The first-order valence-corrected chi connectivity index (χ1v) is 7.32. The fourth-order valence-electron chi connectivity index (χ4n) is 2.37. The Morgan fingerprint density at radius 2 is 2.05 bits per heavy atom. The number of fused-ring (bicyclic) bond motifs is 1. The van der Waals surface area contributed by atoms with E-state index in [-0.39, 0.29) is 11.9 Å². The van der Waals surface area contributed by atoms with Crippen LogP contribution in [0.5, 0.6) is 0 Å². The maximum absolute atomic E-state index is 14.0. The molecule has 21 heavy (non-hydrogen) atoms. The average molecular weight is 346 g/mol. The van der Waals surface area contributed by atoms with Crippen LogP contribution >= 0.6 is 15.9 Å². The molecule has 2 heterocycles. The molecule has 0 spiro atoms. The largest absolute Gasteiger partial charge is 0.308 e. The van der Waals surface area contributed by atoms with Gasteiger partial charge in [-0.1, -0.05) is 18.2 Å². The fraction of sp³-hybridized carbons (Fsp3) is 0.125. The zero-order chi connectivity index (χ0) is 14.8. The fourth-order valence-corrected chi connectivity index (χ4v) is 2.93. The predicted molar refractivity (Wildman–Crippen MR) is 84.5 cm³/mol. The number of benzene rings is 1. The molecule has 106 valence electrons. The Morgan fingerprint density at radius 1 is 1.24 bits per heavy atom. The first-order valence-electron chi connectivity index (χ1n) is 6.52. The van der Waals surface area contributed by atoms with Gasteiger partial charge in [0.05, 0.1) is 23.4 Å². The SMILES string of the molecule is CNC(c1ccncc1F)c1nc2ccccc2cc1Br. The van der Waals surface area contributed by atoms with Gasteiger partial charge in [-0.2, -0.15) is 0 Å². The van der Waals surface area contributed by atoms with E-state index in [0.717, 1.165) is 21.1 Å². The number of hydrogen-bond acceptors (Lipinski definition) is 3. The molecule has 3 nitrogen and oxygen atoms in total. The predicted octanol–water partition coefficient (Wildman–Crippen LogP) is 3.84. The van der Waals surface area contributed by atoms with Crippen molar-refractivity contribution in [2.45, 2.75) is 6.04 Å². The highest BCUT2D eigenvalue weighted by Gasteiger charge is 2.20. The van der Waals surface area contributed by atoms with E-state index in [1.807, 2.05) is 30.3 Å². The van der Waals surface area contributed by atoms with E-state index < -0.39 is 0 Å². The summed E-state index contributed by atoms with van der Waals surface area (Å²) in [6, 6.07) is 11.2. The van der Waals surface area contributed by atoms with Crippen LogP contribution in [0.4, 0.5) is 4.39 Å². The molecular formula is C16H13BrFN3. The second-order valence-corrected chi connectivity index (χ2v) is 5.52. The lowest BCUT2D eigenvalue weighted by Gasteiger charge is -2.18. The summed E-state index contributed by atoms with van der Waals surface area (Å²) in [6.45, 7) is 0. The lowest BCUT2D eigenvalue weighted by molar-refractivity contribution is 0.565. The van der Waals surface area contributed by atoms with Crippen LogP contribution in [0.2, 0.25) is 0 Å². The first kappa shape index (κ1) is 14.1. The van der Waals surface area contributed by atoms with Gasteiger partial charge in [0.15, 0.2) is 0 Å². The smallest absolute Gasteiger partial charge is 0.146 e. The summed E-state index contributed by atoms with van der Waals surface area (Å²) in [5, 5.41) is 4.16. The number of nitrogens with one attached hydrogen (secondary N) is 1. The molecule has 0 fully saturated rings. The molecule has 0 aliphatic rings. The van der Waals surface area contributed by atoms with Crippen molar-refractivity contribution in [3.63, 3.8) is 0 Å². The Morgan fingerprint density at radius 3 is 2.81 bits per heavy atom. The molecule has 0 aliphatic heterocycles. The Balaban J connectivity index is 2.17.